The summed E-state index contributed by atoms with van der Waals surface area (Å²) in [5, 5.41) is 0.640. The number of benzene rings is 2. The minimum absolute atomic E-state index is 0.0457. The highest BCUT2D eigenvalue weighted by atomic mass is 35.5. The molecule has 0 atom stereocenters. The van der Waals surface area contributed by atoms with Crippen molar-refractivity contribution in [3.8, 4) is 11.5 Å². The summed E-state index contributed by atoms with van der Waals surface area (Å²) in [5.41, 5.74) is 1.47. The second-order valence-electron chi connectivity index (χ2n) is 4.97. The summed E-state index contributed by atoms with van der Waals surface area (Å²) in [5.74, 6) is 0.447. The van der Waals surface area contributed by atoms with Crippen LogP contribution < -0.4 is 9.47 Å². The van der Waals surface area contributed by atoms with Gasteiger partial charge in [0.05, 0.1) is 0 Å². The molecule has 23 heavy (non-hydrogen) atoms. The van der Waals surface area contributed by atoms with Crippen molar-refractivity contribution in [2.75, 3.05) is 6.61 Å². The molecule has 0 saturated carbocycles. The van der Waals surface area contributed by atoms with Crippen LogP contribution in [0.15, 0.2) is 42.5 Å². The highest BCUT2D eigenvalue weighted by Gasteiger charge is 2.08. The fourth-order valence-electron chi connectivity index (χ4n) is 1.92. The van der Waals surface area contributed by atoms with E-state index in [4.69, 9.17) is 21.1 Å². The second-order valence-corrected chi connectivity index (χ2v) is 5.38. The smallest absolute Gasteiger partial charge is 0.349 e. The van der Waals surface area contributed by atoms with Crippen LogP contribution in [0.25, 0.3) is 0 Å². The first-order valence-corrected chi connectivity index (χ1v) is 7.60. The number of carbonyl (C=O) groups is 2. The molecule has 0 aliphatic carbocycles. The largest absolute Gasteiger partial charge is 0.482 e. The average molecular weight is 333 g/mol. The number of rotatable bonds is 6. The Labute approximate surface area is 140 Å². The fraction of sp³-hybridized carbons (Fsp3) is 0.222. The minimum Gasteiger partial charge on any atom is -0.482 e. The minimum atomic E-state index is -0.521. The fourth-order valence-corrected chi connectivity index (χ4v) is 2.04. The molecule has 0 spiro atoms. The van der Waals surface area contributed by atoms with E-state index in [2.05, 4.69) is 0 Å². The van der Waals surface area contributed by atoms with Gasteiger partial charge in [0.15, 0.2) is 12.4 Å². The highest BCUT2D eigenvalue weighted by molar-refractivity contribution is 6.31. The average Bonchev–Trinajstić information content (AvgIpc) is 2.56. The van der Waals surface area contributed by atoms with Crippen LogP contribution in [-0.2, 0) is 4.79 Å². The van der Waals surface area contributed by atoms with Crippen LogP contribution in [0.5, 0.6) is 11.5 Å². The van der Waals surface area contributed by atoms with Crippen molar-refractivity contribution >= 4 is 23.4 Å². The normalized spacial score (nSPS) is 10.2. The SMILES string of the molecule is CCC(=O)c1ccc(OC(=O)COc2ccc(Cl)c(C)c2)cc1. The molecule has 5 heteroatoms. The maximum atomic E-state index is 11.8. The Kier molecular flexibility index (Phi) is 5.77. The van der Waals surface area contributed by atoms with Gasteiger partial charge in [-0.3, -0.25) is 4.79 Å². The predicted octanol–water partition coefficient (Wildman–Crippen LogP) is 4.23. The molecule has 2 rings (SSSR count). The number of hydrogen-bond acceptors (Lipinski definition) is 4. The van der Waals surface area contributed by atoms with E-state index in [0.29, 0.717) is 28.5 Å². The van der Waals surface area contributed by atoms with Crippen LogP contribution in [0.1, 0.15) is 29.3 Å². The van der Waals surface area contributed by atoms with Gasteiger partial charge in [-0.25, -0.2) is 4.79 Å². The molecule has 2 aromatic rings. The third-order valence-electron chi connectivity index (χ3n) is 3.22. The Morgan fingerprint density at radius 2 is 1.70 bits per heavy atom. The van der Waals surface area contributed by atoms with Gasteiger partial charge in [-0.15, -0.1) is 0 Å². The van der Waals surface area contributed by atoms with Crippen molar-refractivity contribution in [2.24, 2.45) is 0 Å². The van der Waals surface area contributed by atoms with E-state index in [1.165, 1.54) is 0 Å². The monoisotopic (exact) mass is 332 g/mol. The van der Waals surface area contributed by atoms with E-state index in [1.807, 2.05) is 6.92 Å². The van der Waals surface area contributed by atoms with E-state index < -0.39 is 5.97 Å². The van der Waals surface area contributed by atoms with Crippen LogP contribution >= 0.6 is 11.6 Å². The molecule has 0 fully saturated rings. The topological polar surface area (TPSA) is 52.6 Å². The number of ketones is 1. The van der Waals surface area contributed by atoms with E-state index in [-0.39, 0.29) is 12.4 Å². The van der Waals surface area contributed by atoms with E-state index in [1.54, 1.807) is 49.4 Å². The van der Waals surface area contributed by atoms with Gasteiger partial charge in [-0.1, -0.05) is 18.5 Å². The first-order chi connectivity index (χ1) is 11.0. The van der Waals surface area contributed by atoms with E-state index >= 15 is 0 Å². The van der Waals surface area contributed by atoms with Gasteiger partial charge in [0, 0.05) is 17.0 Å². The van der Waals surface area contributed by atoms with Gasteiger partial charge in [0.25, 0.3) is 0 Å². The Morgan fingerprint density at radius 1 is 1.04 bits per heavy atom. The first-order valence-electron chi connectivity index (χ1n) is 7.22. The third-order valence-corrected chi connectivity index (χ3v) is 3.64. The standard InChI is InChI=1S/C18H17ClO4/c1-3-17(20)13-4-6-14(7-5-13)23-18(21)11-22-15-8-9-16(19)12(2)10-15/h4-10H,3,11H2,1-2H3. The molecule has 0 amide bonds. The molecule has 0 unspecified atom stereocenters. The molecular formula is C18H17ClO4. The summed E-state index contributed by atoms with van der Waals surface area (Å²) < 4.78 is 10.5. The molecule has 0 aliphatic heterocycles. The lowest BCUT2D eigenvalue weighted by atomic mass is 10.1. The highest BCUT2D eigenvalue weighted by Crippen LogP contribution is 2.21. The van der Waals surface area contributed by atoms with Crippen molar-refractivity contribution < 1.29 is 19.1 Å². The number of halogens is 1. The van der Waals surface area contributed by atoms with Crippen LogP contribution in [-0.4, -0.2) is 18.4 Å². The molecule has 120 valence electrons. The lowest BCUT2D eigenvalue weighted by Crippen LogP contribution is -2.17. The number of ether oxygens (including phenoxy) is 2. The van der Waals surface area contributed by atoms with Gasteiger partial charge in [0.1, 0.15) is 11.5 Å². The quantitative estimate of drug-likeness (QED) is 0.451. The zero-order valence-electron chi connectivity index (χ0n) is 13.0. The molecule has 4 nitrogen and oxygen atoms in total. The van der Waals surface area contributed by atoms with Gasteiger partial charge in [0.2, 0.25) is 0 Å². The first kappa shape index (κ1) is 17.0. The number of esters is 1. The van der Waals surface area contributed by atoms with Crippen molar-refractivity contribution in [1.29, 1.82) is 0 Å². The molecule has 0 bridgehead atoms. The summed E-state index contributed by atoms with van der Waals surface area (Å²) in [7, 11) is 0. The van der Waals surface area contributed by atoms with Crippen molar-refractivity contribution in [3.05, 3.63) is 58.6 Å². The Bertz CT molecular complexity index is 707. The summed E-state index contributed by atoms with van der Waals surface area (Å²) in [6, 6.07) is 11.6. The van der Waals surface area contributed by atoms with Gasteiger partial charge >= 0.3 is 5.97 Å². The lowest BCUT2D eigenvalue weighted by molar-refractivity contribution is -0.136. The van der Waals surface area contributed by atoms with Crippen LogP contribution in [0.4, 0.5) is 0 Å². The molecule has 0 aromatic heterocycles. The molecule has 0 radical (unpaired) electrons. The van der Waals surface area contributed by atoms with E-state index in [9.17, 15) is 9.59 Å². The van der Waals surface area contributed by atoms with Crippen molar-refractivity contribution in [3.63, 3.8) is 0 Å². The molecule has 0 N–H and O–H groups in total. The molecule has 2 aromatic carbocycles. The Morgan fingerprint density at radius 3 is 2.30 bits per heavy atom. The Balaban J connectivity index is 1.89. The number of hydrogen-bond donors (Lipinski definition) is 0. The molecule has 0 heterocycles. The summed E-state index contributed by atoms with van der Waals surface area (Å²) >= 11 is 5.92. The van der Waals surface area contributed by atoms with Gasteiger partial charge in [-0.05, 0) is 55.0 Å². The van der Waals surface area contributed by atoms with Crippen LogP contribution in [0.2, 0.25) is 5.02 Å². The Hall–Kier alpha value is -2.33. The molecule has 0 aliphatic rings. The van der Waals surface area contributed by atoms with Gasteiger partial charge < -0.3 is 9.47 Å². The van der Waals surface area contributed by atoms with Crippen molar-refractivity contribution in [1.82, 2.24) is 0 Å². The van der Waals surface area contributed by atoms with Crippen LogP contribution in [0.3, 0.4) is 0 Å². The summed E-state index contributed by atoms with van der Waals surface area (Å²) in [6.45, 7) is 3.44. The number of Topliss-reactive ketones (excluding diaryl/α,β-unsaturated/α-hetero) is 1. The molecule has 0 saturated heterocycles. The zero-order chi connectivity index (χ0) is 16.8. The summed E-state index contributed by atoms with van der Waals surface area (Å²) in [4.78, 5) is 23.3. The summed E-state index contributed by atoms with van der Waals surface area (Å²) in [6.07, 6.45) is 0.438. The number of carbonyl (C=O) groups excluding carboxylic acids is 2. The maximum Gasteiger partial charge on any atom is 0.349 e. The zero-order valence-corrected chi connectivity index (χ0v) is 13.7. The third kappa shape index (κ3) is 4.83. The van der Waals surface area contributed by atoms with E-state index in [0.717, 1.165) is 5.56 Å². The molecular weight excluding hydrogens is 316 g/mol. The van der Waals surface area contributed by atoms with Gasteiger partial charge in [-0.2, -0.15) is 0 Å². The van der Waals surface area contributed by atoms with Crippen LogP contribution in [0, 0.1) is 6.92 Å². The lowest BCUT2D eigenvalue weighted by Gasteiger charge is -2.08. The number of aryl methyl sites for hydroxylation is 1. The maximum absolute atomic E-state index is 11.8. The van der Waals surface area contributed by atoms with Crippen molar-refractivity contribution in [2.45, 2.75) is 20.3 Å². The predicted molar refractivity (Wildman–Crippen MR) is 88.4 cm³/mol. The second kappa shape index (κ2) is 7.79.